The van der Waals surface area contributed by atoms with Crippen LogP contribution in [-0.2, 0) is 0 Å². The highest BCUT2D eigenvalue weighted by molar-refractivity contribution is 7.26. The van der Waals surface area contributed by atoms with Gasteiger partial charge in [0.15, 0.2) is 0 Å². The molecule has 4 heteroatoms. The molecule has 78 heavy (non-hydrogen) atoms. The van der Waals surface area contributed by atoms with Crippen molar-refractivity contribution in [2.45, 2.75) is 0 Å². The van der Waals surface area contributed by atoms with Crippen molar-refractivity contribution in [3.05, 3.63) is 309 Å². The average molecular weight is 1010 g/mol. The fourth-order valence-electron chi connectivity index (χ4n) is 11.3. The van der Waals surface area contributed by atoms with Gasteiger partial charge in [-0.05, 0) is 129 Å². The number of para-hydroxylation sites is 1. The van der Waals surface area contributed by atoms with E-state index in [4.69, 9.17) is 0 Å². The van der Waals surface area contributed by atoms with Crippen molar-refractivity contribution in [3.8, 4) is 33.4 Å². The molecule has 0 saturated carbocycles. The van der Waals surface area contributed by atoms with Gasteiger partial charge in [-0.1, -0.05) is 224 Å². The SMILES string of the molecule is c1ccc(-c2ccc(N(c3cc(N(c4ccccc4)c4ccc(-c5cccc6c5sc5ccccc56)cc4)cc(N(c4ccc(-c5ccccc5)cc4)c4cccc5ccccc45)c3)c3cccc4ccccc34)cc2)cc1. The molecule has 0 aliphatic carbocycles. The second kappa shape index (κ2) is 20.3. The van der Waals surface area contributed by atoms with E-state index >= 15 is 0 Å². The molecular weight excluding hydrogens is 963 g/mol. The Hall–Kier alpha value is -10.0. The fraction of sp³-hybridized carbons (Fsp3) is 0. The predicted molar refractivity (Wildman–Crippen MR) is 335 cm³/mol. The van der Waals surface area contributed by atoms with Crippen molar-refractivity contribution in [2.75, 3.05) is 14.7 Å². The van der Waals surface area contributed by atoms with Crippen LogP contribution in [0.5, 0.6) is 0 Å². The highest BCUT2D eigenvalue weighted by Gasteiger charge is 2.25. The third-order valence-electron chi connectivity index (χ3n) is 15.0. The molecule has 0 bridgehead atoms. The largest absolute Gasteiger partial charge is 0.310 e. The number of nitrogens with zero attached hydrogens (tertiary/aromatic N) is 3. The van der Waals surface area contributed by atoms with Crippen LogP contribution in [-0.4, -0.2) is 0 Å². The van der Waals surface area contributed by atoms with Crippen LogP contribution in [0, 0.1) is 0 Å². The molecule has 14 aromatic rings. The number of hydrogen-bond acceptors (Lipinski definition) is 4. The minimum Gasteiger partial charge on any atom is -0.310 e. The lowest BCUT2D eigenvalue weighted by Crippen LogP contribution is -2.16. The maximum absolute atomic E-state index is 2.45. The first-order chi connectivity index (χ1) is 38.7. The summed E-state index contributed by atoms with van der Waals surface area (Å²) in [5.74, 6) is 0. The third kappa shape index (κ3) is 8.70. The van der Waals surface area contributed by atoms with Crippen molar-refractivity contribution in [1.82, 2.24) is 0 Å². The Labute approximate surface area is 459 Å². The Morgan fingerprint density at radius 2 is 0.577 bits per heavy atom. The summed E-state index contributed by atoms with van der Waals surface area (Å²) in [7, 11) is 0. The monoisotopic (exact) mass is 1010 g/mol. The zero-order valence-corrected chi connectivity index (χ0v) is 43.5. The van der Waals surface area contributed by atoms with Crippen LogP contribution in [0.4, 0.5) is 51.2 Å². The lowest BCUT2D eigenvalue weighted by atomic mass is 10.0. The number of anilines is 9. The standard InChI is InChI=1S/C74H51N3S/c1-4-19-52(20-5-1)54-37-43-61(44-38-54)76(71-34-16-25-56-23-10-12-29-66(56)71)64-49-63(50-65(51-64)77(72-35-17-26-57-24-11-13-30-67(57)72)62-45-39-55(40-46-62)53-21-6-2-7-22-53)75(59-27-8-3-9-28-59)60-47-41-58(42-48-60)68-32-18-33-70-69-31-14-15-36-73(69)78-74(68)70/h1-51H. The highest BCUT2D eigenvalue weighted by atomic mass is 32.1. The average Bonchev–Trinajstić information content (AvgIpc) is 3.95. The Morgan fingerprint density at radius 3 is 1.10 bits per heavy atom. The lowest BCUT2D eigenvalue weighted by Gasteiger charge is -2.33. The number of rotatable bonds is 12. The molecule has 13 aromatic carbocycles. The van der Waals surface area contributed by atoms with Crippen molar-refractivity contribution < 1.29 is 0 Å². The maximum atomic E-state index is 2.45. The van der Waals surface area contributed by atoms with E-state index in [0.29, 0.717) is 0 Å². The molecule has 0 aliphatic rings. The van der Waals surface area contributed by atoms with Crippen molar-refractivity contribution in [1.29, 1.82) is 0 Å². The molecule has 0 amide bonds. The normalized spacial score (nSPS) is 11.3. The van der Waals surface area contributed by atoms with E-state index in [9.17, 15) is 0 Å². The van der Waals surface area contributed by atoms with E-state index < -0.39 is 0 Å². The van der Waals surface area contributed by atoms with E-state index in [0.717, 1.165) is 73.1 Å². The molecule has 0 aliphatic heterocycles. The summed E-state index contributed by atoms with van der Waals surface area (Å²) in [6, 6.07) is 113. The first kappa shape index (κ1) is 46.5. The van der Waals surface area contributed by atoms with Gasteiger partial charge in [0.2, 0.25) is 0 Å². The lowest BCUT2D eigenvalue weighted by molar-refractivity contribution is 1.23. The van der Waals surface area contributed by atoms with E-state index in [2.05, 4.69) is 324 Å². The van der Waals surface area contributed by atoms with E-state index in [1.165, 1.54) is 53.2 Å². The Kier molecular flexibility index (Phi) is 12.1. The minimum atomic E-state index is 1.00. The van der Waals surface area contributed by atoms with Crippen LogP contribution >= 0.6 is 11.3 Å². The molecule has 0 spiro atoms. The summed E-state index contributed by atoms with van der Waals surface area (Å²) < 4.78 is 2.61. The Bertz CT molecular complexity index is 4230. The van der Waals surface area contributed by atoms with Crippen LogP contribution in [0.15, 0.2) is 309 Å². The summed E-state index contributed by atoms with van der Waals surface area (Å²) in [6.07, 6.45) is 0. The van der Waals surface area contributed by atoms with Crippen molar-refractivity contribution in [2.24, 2.45) is 0 Å². The first-order valence-electron chi connectivity index (χ1n) is 26.6. The predicted octanol–water partition coefficient (Wildman–Crippen LogP) is 21.8. The third-order valence-corrected chi connectivity index (χ3v) is 16.2. The Balaban J connectivity index is 1.02. The van der Waals surface area contributed by atoms with Gasteiger partial charge in [-0.3, -0.25) is 0 Å². The summed E-state index contributed by atoms with van der Waals surface area (Å²) >= 11 is 1.87. The van der Waals surface area contributed by atoms with Gasteiger partial charge in [0, 0.05) is 53.7 Å². The minimum absolute atomic E-state index is 1.00. The van der Waals surface area contributed by atoms with Gasteiger partial charge in [-0.2, -0.15) is 0 Å². The number of thiophene rings is 1. The molecule has 0 fully saturated rings. The summed E-state index contributed by atoms with van der Waals surface area (Å²) in [5.41, 5.74) is 16.5. The fourth-order valence-corrected chi connectivity index (χ4v) is 12.5. The van der Waals surface area contributed by atoms with Gasteiger partial charge >= 0.3 is 0 Å². The summed E-state index contributed by atoms with van der Waals surface area (Å²) in [5, 5.41) is 7.26. The number of hydrogen-bond donors (Lipinski definition) is 0. The van der Waals surface area contributed by atoms with Crippen molar-refractivity contribution in [3.63, 3.8) is 0 Å². The highest BCUT2D eigenvalue weighted by Crippen LogP contribution is 2.49. The topological polar surface area (TPSA) is 9.72 Å². The molecule has 1 heterocycles. The van der Waals surface area contributed by atoms with Gasteiger partial charge in [0.05, 0.1) is 28.4 Å². The molecule has 0 saturated heterocycles. The van der Waals surface area contributed by atoms with E-state index in [1.807, 2.05) is 11.3 Å². The quantitative estimate of drug-likeness (QED) is 0.121. The van der Waals surface area contributed by atoms with Crippen LogP contribution in [0.3, 0.4) is 0 Å². The maximum Gasteiger partial charge on any atom is 0.0540 e. The first-order valence-corrected chi connectivity index (χ1v) is 27.4. The van der Waals surface area contributed by atoms with Gasteiger partial charge < -0.3 is 14.7 Å². The van der Waals surface area contributed by atoms with E-state index in [1.54, 1.807) is 0 Å². The smallest absolute Gasteiger partial charge is 0.0540 e. The number of fused-ring (bicyclic) bond motifs is 5. The molecule has 0 unspecified atom stereocenters. The molecule has 14 rings (SSSR count). The van der Waals surface area contributed by atoms with Gasteiger partial charge in [0.1, 0.15) is 0 Å². The molecule has 0 N–H and O–H groups in total. The van der Waals surface area contributed by atoms with Gasteiger partial charge in [-0.25, -0.2) is 0 Å². The summed E-state index contributed by atoms with van der Waals surface area (Å²) in [6.45, 7) is 0. The second-order valence-electron chi connectivity index (χ2n) is 19.7. The van der Waals surface area contributed by atoms with Crippen LogP contribution in [0.25, 0.3) is 75.1 Å². The van der Waals surface area contributed by atoms with Gasteiger partial charge in [-0.15, -0.1) is 11.3 Å². The molecular formula is C74H51N3S. The molecule has 0 radical (unpaired) electrons. The zero-order valence-electron chi connectivity index (χ0n) is 42.7. The van der Waals surface area contributed by atoms with E-state index in [-0.39, 0.29) is 0 Å². The molecule has 368 valence electrons. The van der Waals surface area contributed by atoms with Gasteiger partial charge in [0.25, 0.3) is 0 Å². The zero-order chi connectivity index (χ0) is 51.8. The number of benzene rings is 13. The molecule has 3 nitrogen and oxygen atoms in total. The van der Waals surface area contributed by atoms with Crippen LogP contribution < -0.4 is 14.7 Å². The van der Waals surface area contributed by atoms with Crippen LogP contribution in [0.2, 0.25) is 0 Å². The second-order valence-corrected chi connectivity index (χ2v) is 20.8. The molecule has 1 aromatic heterocycles. The molecule has 0 atom stereocenters. The summed E-state index contributed by atoms with van der Waals surface area (Å²) in [4.78, 5) is 7.31. The Morgan fingerprint density at radius 1 is 0.218 bits per heavy atom. The van der Waals surface area contributed by atoms with Crippen LogP contribution in [0.1, 0.15) is 0 Å². The van der Waals surface area contributed by atoms with Crippen molar-refractivity contribution >= 4 is 104 Å².